The molecular weight excluding hydrogens is 127 g/mol. The summed E-state index contributed by atoms with van der Waals surface area (Å²) in [6, 6.07) is 0. The largest absolute Gasteiger partial charge is 0.341 e. The molecule has 0 aromatic heterocycles. The lowest BCUT2D eigenvalue weighted by atomic mass is 10.2. The summed E-state index contributed by atoms with van der Waals surface area (Å²) in [5, 5.41) is 24.5. The Labute approximate surface area is 52.7 Å². The van der Waals surface area contributed by atoms with Crippen LogP contribution in [0.3, 0.4) is 0 Å². The van der Waals surface area contributed by atoms with Crippen molar-refractivity contribution in [3.8, 4) is 0 Å². The van der Waals surface area contributed by atoms with Crippen molar-refractivity contribution < 1.29 is 19.7 Å². The van der Waals surface area contributed by atoms with Crippen molar-refractivity contribution in [3.63, 3.8) is 0 Å². The van der Waals surface area contributed by atoms with Crippen LogP contribution < -0.4 is 0 Å². The molecule has 0 heterocycles. The van der Waals surface area contributed by atoms with Crippen LogP contribution in [0.25, 0.3) is 0 Å². The van der Waals surface area contributed by atoms with Crippen LogP contribution in [0.15, 0.2) is 0 Å². The van der Waals surface area contributed by atoms with Gasteiger partial charge in [-0.1, -0.05) is 13.3 Å². The SMILES string of the molecule is CCCC(F)C(O)(O)O. The number of aliphatic hydroxyl groups is 3. The van der Waals surface area contributed by atoms with E-state index < -0.39 is 12.1 Å². The molecule has 0 fully saturated rings. The van der Waals surface area contributed by atoms with Gasteiger partial charge in [-0.15, -0.1) is 0 Å². The summed E-state index contributed by atoms with van der Waals surface area (Å²) in [4.78, 5) is 0. The molecule has 0 aromatic carbocycles. The molecule has 0 spiro atoms. The first-order valence-corrected chi connectivity index (χ1v) is 2.79. The number of halogens is 1. The van der Waals surface area contributed by atoms with Gasteiger partial charge in [0, 0.05) is 0 Å². The van der Waals surface area contributed by atoms with E-state index in [0.29, 0.717) is 6.42 Å². The monoisotopic (exact) mass is 138 g/mol. The normalized spacial score (nSPS) is 15.7. The van der Waals surface area contributed by atoms with Crippen LogP contribution in [0.5, 0.6) is 0 Å². The van der Waals surface area contributed by atoms with Gasteiger partial charge in [-0.3, -0.25) is 0 Å². The van der Waals surface area contributed by atoms with Gasteiger partial charge in [-0.25, -0.2) is 4.39 Å². The minimum atomic E-state index is -3.16. The third kappa shape index (κ3) is 3.40. The highest BCUT2D eigenvalue weighted by Gasteiger charge is 2.30. The number of hydrogen-bond donors (Lipinski definition) is 3. The second-order valence-corrected chi connectivity index (χ2v) is 1.94. The molecule has 0 saturated heterocycles. The lowest BCUT2D eigenvalue weighted by molar-refractivity contribution is -0.342. The van der Waals surface area contributed by atoms with Gasteiger partial charge >= 0.3 is 5.97 Å². The molecule has 0 aliphatic carbocycles. The van der Waals surface area contributed by atoms with Gasteiger partial charge in [0.15, 0.2) is 6.17 Å². The van der Waals surface area contributed by atoms with E-state index in [1.165, 1.54) is 0 Å². The number of rotatable bonds is 3. The highest BCUT2D eigenvalue weighted by atomic mass is 19.1. The molecular formula is C5H11FO3. The summed E-state index contributed by atoms with van der Waals surface area (Å²) in [5.41, 5.74) is 0. The van der Waals surface area contributed by atoms with Crippen molar-refractivity contribution in [1.82, 2.24) is 0 Å². The molecule has 0 bridgehead atoms. The van der Waals surface area contributed by atoms with Crippen molar-refractivity contribution in [3.05, 3.63) is 0 Å². The molecule has 0 aliphatic heterocycles. The minimum Gasteiger partial charge on any atom is -0.341 e. The van der Waals surface area contributed by atoms with Crippen LogP contribution in [0.4, 0.5) is 4.39 Å². The number of hydrogen-bond acceptors (Lipinski definition) is 3. The van der Waals surface area contributed by atoms with E-state index in [0.717, 1.165) is 0 Å². The van der Waals surface area contributed by atoms with E-state index in [9.17, 15) is 4.39 Å². The van der Waals surface area contributed by atoms with Crippen molar-refractivity contribution in [2.75, 3.05) is 0 Å². The molecule has 0 radical (unpaired) electrons. The summed E-state index contributed by atoms with van der Waals surface area (Å²) in [5.74, 6) is -3.16. The average Bonchev–Trinajstić information content (AvgIpc) is 1.64. The molecule has 9 heavy (non-hydrogen) atoms. The highest BCUT2D eigenvalue weighted by Crippen LogP contribution is 2.11. The molecule has 56 valence electrons. The van der Waals surface area contributed by atoms with Crippen molar-refractivity contribution in [2.45, 2.75) is 31.9 Å². The summed E-state index contributed by atoms with van der Waals surface area (Å²) >= 11 is 0. The molecule has 0 rings (SSSR count). The van der Waals surface area contributed by atoms with Crippen LogP contribution in [0, 0.1) is 0 Å². The Hall–Kier alpha value is -0.190. The van der Waals surface area contributed by atoms with E-state index >= 15 is 0 Å². The van der Waals surface area contributed by atoms with E-state index in [-0.39, 0.29) is 6.42 Å². The van der Waals surface area contributed by atoms with Gasteiger partial charge in [0.1, 0.15) is 0 Å². The standard InChI is InChI=1S/C5H11FO3/c1-2-3-4(6)5(7,8)9/h4,7-9H,2-3H2,1H3. The van der Waals surface area contributed by atoms with Crippen molar-refractivity contribution in [2.24, 2.45) is 0 Å². The van der Waals surface area contributed by atoms with Crippen LogP contribution >= 0.6 is 0 Å². The highest BCUT2D eigenvalue weighted by molar-refractivity contribution is 4.61. The summed E-state index contributed by atoms with van der Waals surface area (Å²) in [6.07, 6.45) is -1.56. The molecule has 0 amide bonds. The minimum absolute atomic E-state index is 0.0521. The lowest BCUT2D eigenvalue weighted by Gasteiger charge is -2.17. The first-order chi connectivity index (χ1) is 3.98. The van der Waals surface area contributed by atoms with Crippen LogP contribution in [0.1, 0.15) is 19.8 Å². The fourth-order valence-electron chi connectivity index (χ4n) is 0.447. The van der Waals surface area contributed by atoms with Crippen LogP contribution in [0.2, 0.25) is 0 Å². The maximum Gasteiger partial charge on any atom is 0.308 e. The second-order valence-electron chi connectivity index (χ2n) is 1.94. The third-order valence-corrected chi connectivity index (χ3v) is 0.962. The maximum absolute atomic E-state index is 12.2. The zero-order chi connectivity index (χ0) is 7.49. The van der Waals surface area contributed by atoms with Gasteiger partial charge in [0.25, 0.3) is 0 Å². The van der Waals surface area contributed by atoms with E-state index in [1.807, 2.05) is 0 Å². The van der Waals surface area contributed by atoms with Gasteiger partial charge in [-0.05, 0) is 6.42 Å². The summed E-state index contributed by atoms with van der Waals surface area (Å²) in [6.45, 7) is 1.68. The van der Waals surface area contributed by atoms with E-state index in [2.05, 4.69) is 0 Å². The molecule has 3 N–H and O–H groups in total. The first-order valence-electron chi connectivity index (χ1n) is 2.79. The average molecular weight is 138 g/mol. The predicted molar refractivity (Wildman–Crippen MR) is 29.2 cm³/mol. The fourth-order valence-corrected chi connectivity index (χ4v) is 0.447. The maximum atomic E-state index is 12.2. The van der Waals surface area contributed by atoms with Crippen LogP contribution in [-0.2, 0) is 0 Å². The van der Waals surface area contributed by atoms with Gasteiger partial charge in [0.05, 0.1) is 0 Å². The quantitative estimate of drug-likeness (QED) is 0.471. The Bertz CT molecular complexity index is 78.8. The summed E-state index contributed by atoms with van der Waals surface area (Å²) in [7, 11) is 0. The molecule has 0 aromatic rings. The fraction of sp³-hybridized carbons (Fsp3) is 1.00. The molecule has 0 saturated carbocycles. The second kappa shape index (κ2) is 3.10. The summed E-state index contributed by atoms with van der Waals surface area (Å²) < 4.78 is 12.2. The van der Waals surface area contributed by atoms with Gasteiger partial charge < -0.3 is 15.3 Å². The number of alkyl halides is 1. The Kier molecular flexibility index (Phi) is 3.03. The smallest absolute Gasteiger partial charge is 0.308 e. The Balaban J connectivity index is 3.59. The van der Waals surface area contributed by atoms with Crippen molar-refractivity contribution in [1.29, 1.82) is 0 Å². The zero-order valence-corrected chi connectivity index (χ0v) is 5.21. The van der Waals surface area contributed by atoms with Gasteiger partial charge in [-0.2, -0.15) is 0 Å². The Morgan fingerprint density at radius 3 is 2.00 bits per heavy atom. The molecule has 1 unspecified atom stereocenters. The zero-order valence-electron chi connectivity index (χ0n) is 5.21. The van der Waals surface area contributed by atoms with Crippen molar-refractivity contribution >= 4 is 0 Å². The van der Waals surface area contributed by atoms with E-state index in [4.69, 9.17) is 15.3 Å². The lowest BCUT2D eigenvalue weighted by Crippen LogP contribution is -2.38. The predicted octanol–water partition coefficient (Wildman–Crippen LogP) is -0.245. The molecule has 4 heteroatoms. The first kappa shape index (κ1) is 8.81. The third-order valence-electron chi connectivity index (χ3n) is 0.962. The molecule has 1 atom stereocenters. The topological polar surface area (TPSA) is 60.7 Å². The van der Waals surface area contributed by atoms with Gasteiger partial charge in [0.2, 0.25) is 0 Å². The van der Waals surface area contributed by atoms with Crippen LogP contribution in [-0.4, -0.2) is 27.5 Å². The molecule has 3 nitrogen and oxygen atoms in total. The van der Waals surface area contributed by atoms with E-state index in [1.54, 1.807) is 6.92 Å². The Morgan fingerprint density at radius 2 is 1.89 bits per heavy atom. The molecule has 0 aliphatic rings. The Morgan fingerprint density at radius 1 is 1.44 bits per heavy atom.